The third kappa shape index (κ3) is 2.23. The van der Waals surface area contributed by atoms with Crippen LogP contribution in [-0.2, 0) is 6.54 Å². The van der Waals surface area contributed by atoms with Gasteiger partial charge in [0, 0.05) is 18.8 Å². The normalized spacial score (nSPS) is 19.5. The lowest BCUT2D eigenvalue weighted by Gasteiger charge is -2.13. The highest BCUT2D eigenvalue weighted by Gasteiger charge is 2.27. The second-order valence-electron chi connectivity index (χ2n) is 5.64. The van der Waals surface area contributed by atoms with Crippen LogP contribution in [0, 0.1) is 17.2 Å². The highest BCUT2D eigenvalue weighted by atomic mass is 16.2. The standard InChI is InChI=1S/C14H17N3O2/c15-7-11-9-16(12-5-6-12)14(19)17(13(11)18)8-10-3-1-2-4-10/h9-10,12H,1-6,8H2. The topological polar surface area (TPSA) is 67.8 Å². The minimum absolute atomic E-state index is 0.0875. The molecule has 0 aliphatic heterocycles. The molecule has 3 rings (SSSR count). The van der Waals surface area contributed by atoms with Crippen molar-refractivity contribution in [3.05, 3.63) is 32.6 Å². The van der Waals surface area contributed by atoms with Crippen LogP contribution >= 0.6 is 0 Å². The minimum atomic E-state index is -0.420. The molecular weight excluding hydrogens is 242 g/mol. The average Bonchev–Trinajstić information content (AvgIpc) is 3.12. The van der Waals surface area contributed by atoms with Crippen LogP contribution in [0.4, 0.5) is 0 Å². The molecular formula is C14H17N3O2. The maximum Gasteiger partial charge on any atom is 0.331 e. The Kier molecular flexibility index (Phi) is 3.02. The van der Waals surface area contributed by atoms with Gasteiger partial charge in [-0.05, 0) is 31.6 Å². The van der Waals surface area contributed by atoms with E-state index in [-0.39, 0.29) is 17.3 Å². The molecule has 0 saturated heterocycles. The first kappa shape index (κ1) is 12.2. The van der Waals surface area contributed by atoms with Crippen LogP contribution in [0.2, 0.25) is 0 Å². The zero-order valence-corrected chi connectivity index (χ0v) is 10.8. The van der Waals surface area contributed by atoms with E-state index >= 15 is 0 Å². The lowest BCUT2D eigenvalue weighted by atomic mass is 10.1. The first-order valence-electron chi connectivity index (χ1n) is 6.97. The van der Waals surface area contributed by atoms with E-state index in [0.29, 0.717) is 12.5 Å². The Bertz CT molecular complexity index is 640. The summed E-state index contributed by atoms with van der Waals surface area (Å²) < 4.78 is 2.86. The zero-order chi connectivity index (χ0) is 13.4. The number of nitrogens with zero attached hydrogens (tertiary/aromatic N) is 3. The molecule has 0 spiro atoms. The Morgan fingerprint density at radius 2 is 1.89 bits per heavy atom. The number of rotatable bonds is 3. The van der Waals surface area contributed by atoms with Gasteiger partial charge in [-0.3, -0.25) is 13.9 Å². The van der Waals surface area contributed by atoms with Crippen LogP contribution in [0.3, 0.4) is 0 Å². The molecule has 1 heterocycles. The van der Waals surface area contributed by atoms with Gasteiger partial charge in [-0.15, -0.1) is 0 Å². The van der Waals surface area contributed by atoms with Gasteiger partial charge in [0.2, 0.25) is 0 Å². The van der Waals surface area contributed by atoms with Crippen LogP contribution in [0.1, 0.15) is 50.1 Å². The Morgan fingerprint density at radius 1 is 1.21 bits per heavy atom. The Morgan fingerprint density at radius 3 is 2.47 bits per heavy atom. The molecule has 5 nitrogen and oxygen atoms in total. The molecule has 2 aliphatic rings. The van der Waals surface area contributed by atoms with Gasteiger partial charge in [0.1, 0.15) is 11.6 Å². The zero-order valence-electron chi connectivity index (χ0n) is 10.8. The van der Waals surface area contributed by atoms with Crippen molar-refractivity contribution in [2.75, 3.05) is 0 Å². The van der Waals surface area contributed by atoms with Crippen LogP contribution in [0.5, 0.6) is 0 Å². The number of hydrogen-bond acceptors (Lipinski definition) is 3. The fourth-order valence-electron chi connectivity index (χ4n) is 2.92. The molecule has 0 bridgehead atoms. The van der Waals surface area contributed by atoms with Gasteiger partial charge in [-0.1, -0.05) is 12.8 Å². The maximum absolute atomic E-state index is 12.3. The quantitative estimate of drug-likeness (QED) is 0.824. The van der Waals surface area contributed by atoms with E-state index in [1.54, 1.807) is 4.57 Å². The van der Waals surface area contributed by atoms with Crippen LogP contribution in [-0.4, -0.2) is 9.13 Å². The summed E-state index contributed by atoms with van der Waals surface area (Å²) >= 11 is 0. The molecule has 5 heteroatoms. The van der Waals surface area contributed by atoms with Crippen molar-refractivity contribution in [1.29, 1.82) is 5.26 Å². The fourth-order valence-corrected chi connectivity index (χ4v) is 2.92. The summed E-state index contributed by atoms with van der Waals surface area (Å²) in [4.78, 5) is 24.5. The lowest BCUT2D eigenvalue weighted by molar-refractivity contribution is 0.422. The predicted octanol–water partition coefficient (Wildman–Crippen LogP) is 1.41. The molecule has 19 heavy (non-hydrogen) atoms. The van der Waals surface area contributed by atoms with Gasteiger partial charge in [0.05, 0.1) is 0 Å². The molecule has 100 valence electrons. The minimum Gasteiger partial charge on any atom is -0.296 e. The molecule has 0 atom stereocenters. The molecule has 1 aromatic rings. The monoisotopic (exact) mass is 259 g/mol. The van der Waals surface area contributed by atoms with Crippen LogP contribution < -0.4 is 11.2 Å². The third-order valence-electron chi connectivity index (χ3n) is 4.17. The second-order valence-corrected chi connectivity index (χ2v) is 5.64. The molecule has 0 unspecified atom stereocenters. The van der Waals surface area contributed by atoms with Crippen molar-refractivity contribution >= 4 is 0 Å². The van der Waals surface area contributed by atoms with Crippen LogP contribution in [0.15, 0.2) is 15.8 Å². The van der Waals surface area contributed by atoms with Crippen molar-refractivity contribution in [3.8, 4) is 6.07 Å². The Labute approximate surface area is 111 Å². The molecule has 0 amide bonds. The summed E-state index contributed by atoms with van der Waals surface area (Å²) in [6.07, 6.45) is 7.87. The highest BCUT2D eigenvalue weighted by Crippen LogP contribution is 2.33. The molecule has 2 saturated carbocycles. The fraction of sp³-hybridized carbons (Fsp3) is 0.643. The van der Waals surface area contributed by atoms with Crippen molar-refractivity contribution < 1.29 is 0 Å². The van der Waals surface area contributed by atoms with Crippen molar-refractivity contribution in [2.24, 2.45) is 5.92 Å². The smallest absolute Gasteiger partial charge is 0.296 e. The first-order chi connectivity index (χ1) is 9.20. The largest absolute Gasteiger partial charge is 0.331 e. The van der Waals surface area contributed by atoms with E-state index in [1.165, 1.54) is 23.6 Å². The average molecular weight is 259 g/mol. The van der Waals surface area contributed by atoms with E-state index < -0.39 is 5.56 Å². The molecule has 0 aromatic carbocycles. The molecule has 2 aliphatic carbocycles. The van der Waals surface area contributed by atoms with E-state index in [2.05, 4.69) is 0 Å². The Hall–Kier alpha value is -1.83. The van der Waals surface area contributed by atoms with Gasteiger partial charge >= 0.3 is 5.69 Å². The summed E-state index contributed by atoms with van der Waals surface area (Å²) in [6.45, 7) is 0.472. The number of hydrogen-bond donors (Lipinski definition) is 0. The van der Waals surface area contributed by atoms with Crippen molar-refractivity contribution in [2.45, 2.75) is 51.1 Å². The summed E-state index contributed by atoms with van der Waals surface area (Å²) in [5.74, 6) is 0.409. The van der Waals surface area contributed by atoms with Gasteiger partial charge in [0.25, 0.3) is 5.56 Å². The van der Waals surface area contributed by atoms with Crippen molar-refractivity contribution in [1.82, 2.24) is 9.13 Å². The van der Waals surface area contributed by atoms with E-state index in [9.17, 15) is 9.59 Å². The summed E-state index contributed by atoms with van der Waals surface area (Å²) in [6, 6.07) is 2.11. The SMILES string of the molecule is N#Cc1cn(C2CC2)c(=O)n(CC2CCCC2)c1=O. The van der Waals surface area contributed by atoms with Gasteiger partial charge < -0.3 is 0 Å². The first-order valence-corrected chi connectivity index (χ1v) is 6.97. The Balaban J connectivity index is 2.05. The molecule has 1 aromatic heterocycles. The molecule has 0 radical (unpaired) electrons. The molecule has 2 fully saturated rings. The van der Waals surface area contributed by atoms with E-state index in [4.69, 9.17) is 5.26 Å². The maximum atomic E-state index is 12.3. The van der Waals surface area contributed by atoms with Crippen LogP contribution in [0.25, 0.3) is 0 Å². The van der Waals surface area contributed by atoms with Gasteiger partial charge in [0.15, 0.2) is 0 Å². The predicted molar refractivity (Wildman–Crippen MR) is 69.9 cm³/mol. The van der Waals surface area contributed by atoms with E-state index in [0.717, 1.165) is 25.7 Å². The lowest BCUT2D eigenvalue weighted by Crippen LogP contribution is -2.41. The van der Waals surface area contributed by atoms with E-state index in [1.807, 2.05) is 6.07 Å². The summed E-state index contributed by atoms with van der Waals surface area (Å²) in [7, 11) is 0. The number of aromatic nitrogens is 2. The second kappa shape index (κ2) is 4.69. The highest BCUT2D eigenvalue weighted by molar-refractivity contribution is 5.23. The van der Waals surface area contributed by atoms with Gasteiger partial charge in [-0.2, -0.15) is 5.26 Å². The third-order valence-corrected chi connectivity index (χ3v) is 4.17. The summed E-state index contributed by atoms with van der Waals surface area (Å²) in [5.41, 5.74) is -0.570. The molecule has 0 N–H and O–H groups in total. The number of nitriles is 1. The van der Waals surface area contributed by atoms with Gasteiger partial charge in [-0.25, -0.2) is 4.79 Å². The summed E-state index contributed by atoms with van der Waals surface area (Å²) in [5, 5.41) is 9.04. The van der Waals surface area contributed by atoms with Crippen molar-refractivity contribution in [3.63, 3.8) is 0 Å².